The van der Waals surface area contributed by atoms with Crippen molar-refractivity contribution in [2.24, 2.45) is 0 Å². The Kier molecular flexibility index (Phi) is 6.73. The maximum atomic E-state index is 12.1. The Morgan fingerprint density at radius 1 is 1.00 bits per heavy atom. The average Bonchev–Trinajstić information content (AvgIpc) is 2.76. The summed E-state index contributed by atoms with van der Waals surface area (Å²) < 4.78 is 10.7. The quantitative estimate of drug-likeness (QED) is 0.551. The molecule has 8 nitrogen and oxygen atoms in total. The van der Waals surface area contributed by atoms with Gasteiger partial charge < -0.3 is 20.1 Å². The van der Waals surface area contributed by atoms with Gasteiger partial charge in [0.25, 0.3) is 5.91 Å². The van der Waals surface area contributed by atoms with E-state index in [4.69, 9.17) is 9.47 Å². The third kappa shape index (κ3) is 5.66. The molecule has 0 bridgehead atoms. The zero-order chi connectivity index (χ0) is 19.6. The van der Waals surface area contributed by atoms with Crippen LogP contribution in [0, 0.1) is 0 Å². The molecule has 2 aromatic heterocycles. The zero-order valence-electron chi connectivity index (χ0n) is 15.5. The highest BCUT2D eigenvalue weighted by molar-refractivity contribution is 5.93. The van der Waals surface area contributed by atoms with Crippen molar-refractivity contribution in [1.29, 1.82) is 0 Å². The van der Waals surface area contributed by atoms with Crippen LogP contribution in [-0.4, -0.2) is 41.1 Å². The highest BCUT2D eigenvalue weighted by atomic mass is 16.5. The molecule has 0 unspecified atom stereocenters. The van der Waals surface area contributed by atoms with E-state index in [0.717, 1.165) is 11.3 Å². The lowest BCUT2D eigenvalue weighted by Crippen LogP contribution is -2.28. The Morgan fingerprint density at radius 2 is 1.68 bits per heavy atom. The summed E-state index contributed by atoms with van der Waals surface area (Å²) >= 11 is 0. The maximum Gasteiger partial charge on any atom is 0.254 e. The molecular formula is C20H21N5O3. The number of aromatic nitrogens is 3. The van der Waals surface area contributed by atoms with E-state index in [1.54, 1.807) is 19.5 Å². The van der Waals surface area contributed by atoms with Gasteiger partial charge in [-0.2, -0.15) is 0 Å². The van der Waals surface area contributed by atoms with Gasteiger partial charge >= 0.3 is 0 Å². The highest BCUT2D eigenvalue weighted by Gasteiger charge is 2.07. The maximum absolute atomic E-state index is 12.1. The van der Waals surface area contributed by atoms with Crippen LogP contribution in [0.5, 0.6) is 11.5 Å². The molecule has 0 atom stereocenters. The molecule has 0 fully saturated rings. The van der Waals surface area contributed by atoms with Crippen LogP contribution in [0.3, 0.4) is 0 Å². The number of carbonyl (C=O) groups is 1. The first-order valence-corrected chi connectivity index (χ1v) is 8.74. The molecule has 0 aliphatic heterocycles. The van der Waals surface area contributed by atoms with Crippen LogP contribution in [-0.2, 0) is 6.54 Å². The fourth-order valence-corrected chi connectivity index (χ4v) is 2.33. The number of carbonyl (C=O) groups excluding carboxylic acids is 1. The van der Waals surface area contributed by atoms with E-state index in [2.05, 4.69) is 25.6 Å². The second-order valence-corrected chi connectivity index (χ2v) is 5.78. The summed E-state index contributed by atoms with van der Waals surface area (Å²) in [6, 6.07) is 11.1. The average molecular weight is 379 g/mol. The first-order chi connectivity index (χ1) is 13.7. The number of hydrogen-bond donors (Lipinski definition) is 2. The van der Waals surface area contributed by atoms with Crippen molar-refractivity contribution in [2.75, 3.05) is 25.6 Å². The molecule has 8 heteroatoms. The van der Waals surface area contributed by atoms with Crippen molar-refractivity contribution in [1.82, 2.24) is 20.3 Å². The number of pyridine rings is 1. The molecule has 0 aliphatic rings. The van der Waals surface area contributed by atoms with Crippen LogP contribution in [0.2, 0.25) is 0 Å². The number of ether oxygens (including phenoxy) is 2. The van der Waals surface area contributed by atoms with E-state index in [0.29, 0.717) is 37.0 Å². The molecule has 2 heterocycles. The van der Waals surface area contributed by atoms with Crippen molar-refractivity contribution in [3.63, 3.8) is 0 Å². The van der Waals surface area contributed by atoms with Crippen LogP contribution in [0.25, 0.3) is 0 Å². The molecule has 3 rings (SSSR count). The van der Waals surface area contributed by atoms with Gasteiger partial charge in [-0.3, -0.25) is 9.78 Å². The summed E-state index contributed by atoms with van der Waals surface area (Å²) in [5.41, 5.74) is 1.45. The highest BCUT2D eigenvalue weighted by Crippen LogP contribution is 2.16. The van der Waals surface area contributed by atoms with Gasteiger partial charge in [0.05, 0.1) is 19.2 Å². The minimum Gasteiger partial charge on any atom is -0.497 e. The third-order valence-corrected chi connectivity index (χ3v) is 3.83. The van der Waals surface area contributed by atoms with Crippen LogP contribution < -0.4 is 20.1 Å². The monoisotopic (exact) mass is 379 g/mol. The van der Waals surface area contributed by atoms with E-state index in [1.165, 1.54) is 12.4 Å². The number of amides is 1. The number of anilines is 1. The fraction of sp³-hybridized carbons (Fsp3) is 0.200. The summed E-state index contributed by atoms with van der Waals surface area (Å²) in [4.78, 5) is 24.4. The van der Waals surface area contributed by atoms with E-state index in [-0.39, 0.29) is 5.91 Å². The van der Waals surface area contributed by atoms with Gasteiger partial charge in [-0.1, -0.05) is 0 Å². The Labute approximate surface area is 163 Å². The van der Waals surface area contributed by atoms with Gasteiger partial charge in [-0.15, -0.1) is 0 Å². The van der Waals surface area contributed by atoms with Gasteiger partial charge in [0.15, 0.2) is 0 Å². The number of methoxy groups -OCH3 is 1. The second-order valence-electron chi connectivity index (χ2n) is 5.78. The Balaban J connectivity index is 1.40. The SMILES string of the molecule is COc1ccc(OCCNC(=O)c2cnc(NCc3ccncc3)nc2)cc1. The molecule has 0 aliphatic carbocycles. The summed E-state index contributed by atoms with van der Waals surface area (Å²) in [7, 11) is 1.61. The molecule has 2 N–H and O–H groups in total. The lowest BCUT2D eigenvalue weighted by Gasteiger charge is -2.09. The lowest BCUT2D eigenvalue weighted by molar-refractivity contribution is 0.0946. The van der Waals surface area contributed by atoms with Crippen molar-refractivity contribution >= 4 is 11.9 Å². The molecule has 144 valence electrons. The Morgan fingerprint density at radius 3 is 2.36 bits per heavy atom. The predicted molar refractivity (Wildman–Crippen MR) is 104 cm³/mol. The van der Waals surface area contributed by atoms with Gasteiger partial charge in [0.1, 0.15) is 18.1 Å². The molecule has 0 saturated carbocycles. The van der Waals surface area contributed by atoms with Gasteiger partial charge in [-0.05, 0) is 42.0 Å². The standard InChI is InChI=1S/C20H21N5O3/c1-27-17-2-4-18(5-3-17)28-11-10-22-19(26)16-13-24-20(25-14-16)23-12-15-6-8-21-9-7-15/h2-9,13-14H,10-12H2,1H3,(H,22,26)(H,23,24,25). The fourth-order valence-electron chi connectivity index (χ4n) is 2.33. The number of nitrogens with zero attached hydrogens (tertiary/aromatic N) is 3. The van der Waals surface area contributed by atoms with E-state index >= 15 is 0 Å². The van der Waals surface area contributed by atoms with Crippen molar-refractivity contribution in [2.45, 2.75) is 6.54 Å². The molecule has 1 aromatic carbocycles. The van der Waals surface area contributed by atoms with Gasteiger partial charge in [0, 0.05) is 31.3 Å². The summed E-state index contributed by atoms with van der Waals surface area (Å²) in [5, 5.41) is 5.87. The second kappa shape index (κ2) is 9.86. The third-order valence-electron chi connectivity index (χ3n) is 3.83. The number of nitrogens with one attached hydrogen (secondary N) is 2. The number of benzene rings is 1. The van der Waals surface area contributed by atoms with Crippen LogP contribution in [0.1, 0.15) is 15.9 Å². The normalized spacial score (nSPS) is 10.2. The van der Waals surface area contributed by atoms with Crippen molar-refractivity contribution in [3.05, 3.63) is 72.3 Å². The first kappa shape index (κ1) is 19.1. The van der Waals surface area contributed by atoms with E-state index < -0.39 is 0 Å². The van der Waals surface area contributed by atoms with Crippen molar-refractivity contribution in [3.8, 4) is 11.5 Å². The molecule has 3 aromatic rings. The van der Waals surface area contributed by atoms with Crippen LogP contribution in [0.15, 0.2) is 61.2 Å². The zero-order valence-corrected chi connectivity index (χ0v) is 15.5. The number of rotatable bonds is 9. The number of hydrogen-bond acceptors (Lipinski definition) is 7. The minimum atomic E-state index is -0.251. The molecule has 0 radical (unpaired) electrons. The summed E-state index contributed by atoms with van der Waals surface area (Å²) in [6.45, 7) is 1.30. The predicted octanol–water partition coefficient (Wildman–Crippen LogP) is 2.30. The minimum absolute atomic E-state index is 0.251. The largest absolute Gasteiger partial charge is 0.497 e. The van der Waals surface area contributed by atoms with E-state index in [9.17, 15) is 4.79 Å². The Hall–Kier alpha value is -3.68. The Bertz CT molecular complexity index is 871. The molecule has 28 heavy (non-hydrogen) atoms. The molecular weight excluding hydrogens is 358 g/mol. The first-order valence-electron chi connectivity index (χ1n) is 8.74. The lowest BCUT2D eigenvalue weighted by atomic mass is 10.3. The van der Waals surface area contributed by atoms with Gasteiger partial charge in [-0.25, -0.2) is 9.97 Å². The van der Waals surface area contributed by atoms with Crippen molar-refractivity contribution < 1.29 is 14.3 Å². The van der Waals surface area contributed by atoms with Crippen LogP contribution >= 0.6 is 0 Å². The topological polar surface area (TPSA) is 98.3 Å². The summed E-state index contributed by atoms with van der Waals surface area (Å²) in [6.07, 6.45) is 6.43. The smallest absolute Gasteiger partial charge is 0.254 e. The molecule has 1 amide bonds. The molecule has 0 saturated heterocycles. The van der Waals surface area contributed by atoms with Gasteiger partial charge in [0.2, 0.25) is 5.95 Å². The van der Waals surface area contributed by atoms with Crippen LogP contribution in [0.4, 0.5) is 5.95 Å². The molecule has 0 spiro atoms. The summed E-state index contributed by atoms with van der Waals surface area (Å²) in [5.74, 6) is 1.68. The van der Waals surface area contributed by atoms with E-state index in [1.807, 2.05) is 36.4 Å².